The third kappa shape index (κ3) is 3.13. The van der Waals surface area contributed by atoms with Crippen molar-refractivity contribution in [2.45, 2.75) is 26.2 Å². The first-order chi connectivity index (χ1) is 11.4. The van der Waals surface area contributed by atoms with Gasteiger partial charge in [0.1, 0.15) is 11.7 Å². The molecule has 24 heavy (non-hydrogen) atoms. The normalized spacial score (nSPS) is 11.2. The summed E-state index contributed by atoms with van der Waals surface area (Å²) >= 11 is 0. The lowest BCUT2D eigenvalue weighted by atomic mass is 9.87. The van der Waals surface area contributed by atoms with Gasteiger partial charge >= 0.3 is 0 Å². The number of carbonyl (C=O) groups excluding carboxylic acids is 1. The van der Waals surface area contributed by atoms with Crippen LogP contribution in [0.15, 0.2) is 48.8 Å². The molecule has 0 spiro atoms. The molecule has 0 saturated heterocycles. The summed E-state index contributed by atoms with van der Waals surface area (Å²) in [5.41, 5.74) is 3.02. The van der Waals surface area contributed by atoms with Crippen molar-refractivity contribution in [3.63, 3.8) is 0 Å². The third-order valence-corrected chi connectivity index (χ3v) is 3.83. The lowest BCUT2D eigenvalue weighted by Gasteiger charge is -2.18. The van der Waals surface area contributed by atoms with Crippen molar-refractivity contribution >= 4 is 17.4 Å². The predicted octanol–water partition coefficient (Wildman–Crippen LogP) is 3.76. The Morgan fingerprint density at radius 1 is 1.12 bits per heavy atom. The fourth-order valence-electron chi connectivity index (χ4n) is 2.43. The van der Waals surface area contributed by atoms with E-state index >= 15 is 0 Å². The molecule has 3 rings (SSSR count). The second-order valence-electron chi connectivity index (χ2n) is 6.70. The topological polar surface area (TPSA) is 70.2 Å². The molecule has 3 aromatic rings. The van der Waals surface area contributed by atoms with E-state index in [-0.39, 0.29) is 11.3 Å². The maximum Gasteiger partial charge on any atom is 0.256 e. The monoisotopic (exact) mass is 318 g/mol. The van der Waals surface area contributed by atoms with Crippen LogP contribution in [0.25, 0.3) is 5.65 Å². The van der Waals surface area contributed by atoms with Gasteiger partial charge in [-0.15, -0.1) is 0 Å². The first-order valence-electron chi connectivity index (χ1n) is 7.67. The molecule has 0 unspecified atom stereocenters. The van der Waals surface area contributed by atoms with Crippen LogP contribution in [0.2, 0.25) is 0 Å². The number of fused-ring (bicyclic) bond motifs is 1. The summed E-state index contributed by atoms with van der Waals surface area (Å²) in [6.45, 7) is 6.40. The fourth-order valence-corrected chi connectivity index (χ4v) is 2.43. The summed E-state index contributed by atoms with van der Waals surface area (Å²) < 4.78 is 1.72. The van der Waals surface area contributed by atoms with Gasteiger partial charge in [0, 0.05) is 11.8 Å². The number of carbonyl (C=O) groups is 1. The molecule has 0 atom stereocenters. The standard InChI is InChI=1S/C19H18N4O/c1-19(2,3)15-7-5-14(6-8-15)18(24)22-16-12-23-11-13(10-20)4-9-17(23)21-16/h4-9,11-12H,1-3H3,(H,22,24). The van der Waals surface area contributed by atoms with Gasteiger partial charge in [-0.25, -0.2) is 4.98 Å². The minimum Gasteiger partial charge on any atom is -0.305 e. The van der Waals surface area contributed by atoms with Crippen LogP contribution in [0.4, 0.5) is 5.82 Å². The summed E-state index contributed by atoms with van der Waals surface area (Å²) in [6, 6.07) is 13.1. The number of pyridine rings is 1. The zero-order valence-corrected chi connectivity index (χ0v) is 13.9. The molecule has 2 aromatic heterocycles. The Labute approximate surface area is 140 Å². The van der Waals surface area contributed by atoms with Crippen molar-refractivity contribution in [1.29, 1.82) is 5.26 Å². The van der Waals surface area contributed by atoms with E-state index < -0.39 is 0 Å². The maximum absolute atomic E-state index is 12.4. The molecule has 0 aliphatic carbocycles. The zero-order valence-electron chi connectivity index (χ0n) is 13.9. The number of nitriles is 1. The van der Waals surface area contributed by atoms with Gasteiger partial charge in [0.2, 0.25) is 0 Å². The number of aromatic nitrogens is 2. The van der Waals surface area contributed by atoms with E-state index in [2.05, 4.69) is 37.1 Å². The number of hydrogen-bond acceptors (Lipinski definition) is 3. The molecule has 0 aliphatic heterocycles. The number of nitrogens with one attached hydrogen (secondary N) is 1. The number of imidazole rings is 1. The lowest BCUT2D eigenvalue weighted by Crippen LogP contribution is -2.14. The van der Waals surface area contributed by atoms with Crippen LogP contribution in [0.1, 0.15) is 42.3 Å². The van der Waals surface area contributed by atoms with Gasteiger partial charge < -0.3 is 9.72 Å². The highest BCUT2D eigenvalue weighted by Crippen LogP contribution is 2.22. The molecule has 120 valence electrons. The van der Waals surface area contributed by atoms with Crippen molar-refractivity contribution in [3.05, 3.63) is 65.5 Å². The number of nitrogens with zero attached hydrogens (tertiary/aromatic N) is 3. The highest BCUT2D eigenvalue weighted by Gasteiger charge is 2.15. The molecule has 1 N–H and O–H groups in total. The maximum atomic E-state index is 12.4. The first-order valence-corrected chi connectivity index (χ1v) is 7.67. The summed E-state index contributed by atoms with van der Waals surface area (Å²) in [5.74, 6) is 0.245. The van der Waals surface area contributed by atoms with Crippen molar-refractivity contribution < 1.29 is 4.79 Å². The molecule has 5 heteroatoms. The van der Waals surface area contributed by atoms with Crippen LogP contribution in [0.3, 0.4) is 0 Å². The Hall–Kier alpha value is -3.13. The molecule has 1 aromatic carbocycles. The Morgan fingerprint density at radius 3 is 2.46 bits per heavy atom. The molecule has 0 fully saturated rings. The van der Waals surface area contributed by atoms with E-state index in [9.17, 15) is 4.79 Å². The number of amides is 1. The third-order valence-electron chi connectivity index (χ3n) is 3.83. The minimum atomic E-state index is -0.209. The Bertz CT molecular complexity index is 940. The highest BCUT2D eigenvalue weighted by atomic mass is 16.1. The SMILES string of the molecule is CC(C)(C)c1ccc(C(=O)Nc2cn3cc(C#N)ccc3n2)cc1. The second-order valence-corrected chi connectivity index (χ2v) is 6.70. The van der Waals surface area contributed by atoms with E-state index in [4.69, 9.17) is 5.26 Å². The zero-order chi connectivity index (χ0) is 17.3. The molecule has 2 heterocycles. The van der Waals surface area contributed by atoms with Gasteiger partial charge in [0.25, 0.3) is 5.91 Å². The summed E-state index contributed by atoms with van der Waals surface area (Å²) in [7, 11) is 0. The van der Waals surface area contributed by atoms with Gasteiger partial charge in [0.05, 0.1) is 11.8 Å². The van der Waals surface area contributed by atoms with Crippen molar-refractivity contribution in [2.24, 2.45) is 0 Å². The average molecular weight is 318 g/mol. The van der Waals surface area contributed by atoms with Crippen molar-refractivity contribution in [2.75, 3.05) is 5.32 Å². The Balaban J connectivity index is 1.80. The summed E-state index contributed by atoms with van der Waals surface area (Å²) in [4.78, 5) is 16.7. The van der Waals surface area contributed by atoms with Crippen LogP contribution >= 0.6 is 0 Å². The lowest BCUT2D eigenvalue weighted by molar-refractivity contribution is 0.102. The van der Waals surface area contributed by atoms with Crippen molar-refractivity contribution in [1.82, 2.24) is 9.38 Å². The number of anilines is 1. The molecule has 0 radical (unpaired) electrons. The number of hydrogen-bond donors (Lipinski definition) is 1. The van der Waals surface area contributed by atoms with Gasteiger partial charge in [-0.2, -0.15) is 5.26 Å². The smallest absolute Gasteiger partial charge is 0.256 e. The minimum absolute atomic E-state index is 0.0506. The molecular formula is C19H18N4O. The van der Waals surface area contributed by atoms with E-state index in [1.807, 2.05) is 24.3 Å². The van der Waals surface area contributed by atoms with E-state index in [0.717, 1.165) is 0 Å². The largest absolute Gasteiger partial charge is 0.305 e. The number of benzene rings is 1. The predicted molar refractivity (Wildman–Crippen MR) is 93.0 cm³/mol. The van der Waals surface area contributed by atoms with Crippen LogP contribution in [-0.4, -0.2) is 15.3 Å². The number of rotatable bonds is 2. The van der Waals surface area contributed by atoms with E-state index in [1.54, 1.807) is 28.9 Å². The van der Waals surface area contributed by atoms with Gasteiger partial charge in [-0.1, -0.05) is 32.9 Å². The van der Waals surface area contributed by atoms with Crippen LogP contribution in [0.5, 0.6) is 0 Å². The van der Waals surface area contributed by atoms with Gasteiger partial charge in [-0.05, 0) is 35.2 Å². The molecule has 5 nitrogen and oxygen atoms in total. The quantitative estimate of drug-likeness (QED) is 0.782. The molecule has 0 bridgehead atoms. The molecule has 0 saturated carbocycles. The molecule has 0 aliphatic rings. The van der Waals surface area contributed by atoms with Crippen LogP contribution < -0.4 is 5.32 Å². The van der Waals surface area contributed by atoms with E-state index in [1.165, 1.54) is 5.56 Å². The average Bonchev–Trinajstić information content (AvgIpc) is 2.95. The van der Waals surface area contributed by atoms with Crippen LogP contribution in [0, 0.1) is 11.3 Å². The van der Waals surface area contributed by atoms with Crippen LogP contribution in [-0.2, 0) is 5.41 Å². The highest BCUT2D eigenvalue weighted by molar-refractivity contribution is 6.03. The fraction of sp³-hybridized carbons (Fsp3) is 0.211. The molecular weight excluding hydrogens is 300 g/mol. The Kier molecular flexibility index (Phi) is 3.82. The van der Waals surface area contributed by atoms with Crippen molar-refractivity contribution in [3.8, 4) is 6.07 Å². The second kappa shape index (κ2) is 5.82. The van der Waals surface area contributed by atoms with E-state index in [0.29, 0.717) is 22.6 Å². The van der Waals surface area contributed by atoms with Gasteiger partial charge in [0.15, 0.2) is 5.82 Å². The summed E-state index contributed by atoms with van der Waals surface area (Å²) in [6.07, 6.45) is 3.37. The Morgan fingerprint density at radius 2 is 1.83 bits per heavy atom. The first kappa shape index (κ1) is 15.8. The van der Waals surface area contributed by atoms with Gasteiger partial charge in [-0.3, -0.25) is 4.79 Å². The summed E-state index contributed by atoms with van der Waals surface area (Å²) in [5, 5.41) is 11.7. The molecule has 1 amide bonds.